The van der Waals surface area contributed by atoms with Gasteiger partial charge in [0.15, 0.2) is 0 Å². The predicted octanol–water partition coefficient (Wildman–Crippen LogP) is 2.12. The Bertz CT molecular complexity index is 831. The molecule has 0 saturated carbocycles. The van der Waals surface area contributed by atoms with Crippen LogP contribution in [0, 0.1) is 0 Å². The van der Waals surface area contributed by atoms with Gasteiger partial charge in [-0.1, -0.05) is 30.0 Å². The van der Waals surface area contributed by atoms with Gasteiger partial charge in [-0.3, -0.25) is 9.79 Å². The second-order valence-electron chi connectivity index (χ2n) is 5.94. The molecule has 3 aliphatic rings. The highest BCUT2D eigenvalue weighted by Crippen LogP contribution is 2.31. The molecule has 1 aromatic rings. The highest BCUT2D eigenvalue weighted by atomic mass is 32.2. The highest BCUT2D eigenvalue weighted by molar-refractivity contribution is 8.17. The molecule has 2 aliphatic heterocycles. The smallest absolute Gasteiger partial charge is 0.263 e. The summed E-state index contributed by atoms with van der Waals surface area (Å²) in [5, 5.41) is 0.624. The molecule has 1 fully saturated rings. The molecule has 0 radical (unpaired) electrons. The Morgan fingerprint density at radius 3 is 2.92 bits per heavy atom. The quantitative estimate of drug-likeness (QED) is 0.859. The first-order valence-electron chi connectivity index (χ1n) is 8.01. The molecule has 24 heavy (non-hydrogen) atoms. The van der Waals surface area contributed by atoms with Crippen LogP contribution in [0.15, 0.2) is 45.1 Å². The number of fused-ring (bicyclic) bond motifs is 1. The Balaban J connectivity index is 1.69. The van der Waals surface area contributed by atoms with E-state index >= 15 is 0 Å². The third-order valence-electron chi connectivity index (χ3n) is 4.28. The molecule has 2 bridgehead atoms. The highest BCUT2D eigenvalue weighted by Gasteiger charge is 2.24. The Morgan fingerprint density at radius 2 is 2.12 bits per heavy atom. The van der Waals surface area contributed by atoms with E-state index < -0.39 is 0 Å². The fraction of sp³-hybridized carbons (Fsp3) is 0.353. The topological polar surface area (TPSA) is 93.4 Å². The number of aromatic amines is 1. The number of hydrogen-bond donors (Lipinski definition) is 2. The molecule has 6 nitrogen and oxygen atoms in total. The molecule has 1 unspecified atom stereocenters. The number of aromatic nitrogens is 2. The van der Waals surface area contributed by atoms with Gasteiger partial charge in [0, 0.05) is 24.0 Å². The lowest BCUT2D eigenvalue weighted by molar-refractivity contribution is 0.0835. The van der Waals surface area contributed by atoms with Crippen molar-refractivity contribution in [1.82, 2.24) is 9.97 Å². The second kappa shape index (κ2) is 6.41. The van der Waals surface area contributed by atoms with Gasteiger partial charge >= 0.3 is 0 Å². The average molecular weight is 342 g/mol. The molecule has 0 amide bonds. The minimum absolute atomic E-state index is 0.0692. The zero-order valence-corrected chi connectivity index (χ0v) is 13.9. The van der Waals surface area contributed by atoms with Crippen LogP contribution in [0.3, 0.4) is 0 Å². The Kier molecular flexibility index (Phi) is 4.12. The molecule has 1 aliphatic carbocycles. The van der Waals surface area contributed by atoms with Crippen molar-refractivity contribution in [3.63, 3.8) is 0 Å². The van der Waals surface area contributed by atoms with Crippen LogP contribution >= 0.6 is 11.8 Å². The lowest BCUT2D eigenvalue weighted by Crippen LogP contribution is -2.27. The van der Waals surface area contributed by atoms with Gasteiger partial charge in [0.2, 0.25) is 0 Å². The largest absolute Gasteiger partial charge is 0.383 e. The van der Waals surface area contributed by atoms with E-state index in [0.29, 0.717) is 29.6 Å². The maximum absolute atomic E-state index is 12.7. The monoisotopic (exact) mass is 342 g/mol. The number of thioether (sulfide) groups is 1. The maximum atomic E-state index is 12.7. The van der Waals surface area contributed by atoms with E-state index in [9.17, 15) is 4.79 Å². The summed E-state index contributed by atoms with van der Waals surface area (Å²) in [7, 11) is 0. The van der Waals surface area contributed by atoms with E-state index in [1.165, 1.54) is 11.8 Å². The second-order valence-corrected chi connectivity index (χ2v) is 7.00. The van der Waals surface area contributed by atoms with Crippen molar-refractivity contribution in [2.45, 2.75) is 24.8 Å². The fourth-order valence-corrected chi connectivity index (χ4v) is 4.08. The number of nitrogens with one attached hydrogen (secondary N) is 1. The van der Waals surface area contributed by atoms with E-state index in [2.05, 4.69) is 21.0 Å². The molecule has 0 spiro atoms. The molecular formula is C17H18N4O2S. The molecule has 124 valence electrons. The third kappa shape index (κ3) is 2.97. The summed E-state index contributed by atoms with van der Waals surface area (Å²) >= 11 is 1.45. The number of nitrogen functional groups attached to an aromatic ring is 1. The third-order valence-corrected chi connectivity index (χ3v) is 5.29. The molecule has 1 atom stereocenters. The maximum Gasteiger partial charge on any atom is 0.263 e. The van der Waals surface area contributed by atoms with Gasteiger partial charge in [0.05, 0.1) is 6.04 Å². The summed E-state index contributed by atoms with van der Waals surface area (Å²) in [6, 6.07) is -0.0692. The Hall–Kier alpha value is -2.12. The summed E-state index contributed by atoms with van der Waals surface area (Å²) in [4.78, 5) is 25.7. The van der Waals surface area contributed by atoms with Crippen LogP contribution < -0.4 is 11.3 Å². The van der Waals surface area contributed by atoms with Crippen LogP contribution in [0.1, 0.15) is 30.1 Å². The van der Waals surface area contributed by atoms with Crippen molar-refractivity contribution < 1.29 is 4.74 Å². The van der Waals surface area contributed by atoms with Crippen molar-refractivity contribution in [1.29, 1.82) is 0 Å². The normalized spacial score (nSPS) is 23.6. The van der Waals surface area contributed by atoms with Crippen LogP contribution in [0.5, 0.6) is 0 Å². The first kappa shape index (κ1) is 15.4. The number of nitrogens with zero attached hydrogens (tertiary/aromatic N) is 2. The van der Waals surface area contributed by atoms with Crippen LogP contribution in [0.2, 0.25) is 0 Å². The van der Waals surface area contributed by atoms with Crippen LogP contribution in [-0.2, 0) is 4.74 Å². The first-order valence-corrected chi connectivity index (χ1v) is 8.82. The molecule has 7 heteroatoms. The molecule has 3 N–H and O–H groups in total. The lowest BCUT2D eigenvalue weighted by Gasteiger charge is -2.22. The fourth-order valence-electron chi connectivity index (χ4n) is 3.02. The van der Waals surface area contributed by atoms with Gasteiger partial charge in [-0.15, -0.1) is 0 Å². The van der Waals surface area contributed by atoms with Crippen LogP contribution in [-0.4, -0.2) is 34.3 Å². The molecule has 4 rings (SSSR count). The summed E-state index contributed by atoms with van der Waals surface area (Å²) in [5.41, 5.74) is 6.29. The lowest BCUT2D eigenvalue weighted by atomic mass is 9.99. The number of nitrogens with two attached hydrogens (primary N) is 1. The summed E-state index contributed by atoms with van der Waals surface area (Å²) in [5.74, 6) is 1.10. The number of rotatable bonds is 2. The molecule has 1 aromatic heterocycles. The van der Waals surface area contributed by atoms with Crippen molar-refractivity contribution in [3.8, 4) is 0 Å². The van der Waals surface area contributed by atoms with Gasteiger partial charge < -0.3 is 15.5 Å². The standard InChI is InChI=1S/C17H18N4O2S/c18-14-13(17-19-11-3-1-2-4-12(9-11)24-17)16(22)21-15(20-14)10-5-7-23-8-6-10/h1-4,9-11H,5-8H2,(H3,18,20,21,22). The SMILES string of the molecule is Nc1nc(C2CCOCC2)[nH]c(=O)c1C1=NC2C=CC=CC(=C2)S1. The van der Waals surface area contributed by atoms with E-state index in [0.717, 1.165) is 17.7 Å². The van der Waals surface area contributed by atoms with Gasteiger partial charge in [-0.2, -0.15) is 0 Å². The number of ether oxygens (including phenoxy) is 1. The van der Waals surface area contributed by atoms with E-state index in [4.69, 9.17) is 10.5 Å². The van der Waals surface area contributed by atoms with Gasteiger partial charge in [0.1, 0.15) is 22.2 Å². The van der Waals surface area contributed by atoms with Gasteiger partial charge in [0.25, 0.3) is 5.56 Å². The minimum atomic E-state index is -0.220. The van der Waals surface area contributed by atoms with Crippen molar-refractivity contribution >= 4 is 22.6 Å². The number of anilines is 1. The van der Waals surface area contributed by atoms with E-state index in [1.54, 1.807) is 0 Å². The molecular weight excluding hydrogens is 324 g/mol. The zero-order valence-electron chi connectivity index (χ0n) is 13.1. The number of H-pyrrole nitrogens is 1. The van der Waals surface area contributed by atoms with Crippen LogP contribution in [0.4, 0.5) is 5.82 Å². The summed E-state index contributed by atoms with van der Waals surface area (Å²) in [6.07, 6.45) is 11.7. The number of allylic oxidation sites excluding steroid dienone is 3. The van der Waals surface area contributed by atoms with E-state index in [1.807, 2.05) is 24.3 Å². The van der Waals surface area contributed by atoms with E-state index in [-0.39, 0.29) is 23.3 Å². The minimum Gasteiger partial charge on any atom is -0.383 e. The van der Waals surface area contributed by atoms with Gasteiger partial charge in [-0.25, -0.2) is 4.98 Å². The van der Waals surface area contributed by atoms with Crippen molar-refractivity contribution in [2.75, 3.05) is 18.9 Å². The molecule has 1 saturated heterocycles. The van der Waals surface area contributed by atoms with Gasteiger partial charge in [-0.05, 0) is 25.0 Å². The van der Waals surface area contributed by atoms with Crippen LogP contribution in [0.25, 0.3) is 0 Å². The van der Waals surface area contributed by atoms with Crippen molar-refractivity contribution in [3.05, 3.63) is 57.0 Å². The Morgan fingerprint density at radius 1 is 1.29 bits per heavy atom. The first-order chi connectivity index (χ1) is 11.7. The Labute approximate surface area is 143 Å². The number of hydrogen-bond acceptors (Lipinski definition) is 6. The van der Waals surface area contributed by atoms with Crippen molar-refractivity contribution in [2.24, 2.45) is 4.99 Å². The number of aliphatic imine (C=N–C) groups is 1. The zero-order chi connectivity index (χ0) is 16.5. The predicted molar refractivity (Wildman–Crippen MR) is 96.3 cm³/mol. The summed E-state index contributed by atoms with van der Waals surface area (Å²) < 4.78 is 5.36. The average Bonchev–Trinajstić information content (AvgIpc) is 2.75. The summed E-state index contributed by atoms with van der Waals surface area (Å²) in [6.45, 7) is 1.38. The molecule has 3 heterocycles. The molecule has 0 aromatic carbocycles.